The smallest absolute Gasteiger partial charge is 0.338 e. The van der Waals surface area contributed by atoms with Gasteiger partial charge in [-0.3, -0.25) is 14.5 Å². The largest absolute Gasteiger partial charge is 0.463 e. The zero-order valence-electron chi connectivity index (χ0n) is 19.1. The van der Waals surface area contributed by atoms with E-state index < -0.39 is 42.4 Å². The van der Waals surface area contributed by atoms with Crippen LogP contribution < -0.4 is 10.6 Å². The number of amides is 4. The van der Waals surface area contributed by atoms with Crippen molar-refractivity contribution in [2.24, 2.45) is 0 Å². The molecule has 2 aliphatic heterocycles. The summed E-state index contributed by atoms with van der Waals surface area (Å²) in [4.78, 5) is 63.6. The van der Waals surface area contributed by atoms with Crippen LogP contribution in [0.25, 0.3) is 0 Å². The van der Waals surface area contributed by atoms with Gasteiger partial charge in [0.1, 0.15) is 6.61 Å². The lowest BCUT2D eigenvalue weighted by molar-refractivity contribution is -0.139. The molecule has 10 nitrogen and oxygen atoms in total. The van der Waals surface area contributed by atoms with Crippen LogP contribution in [-0.4, -0.2) is 53.9 Å². The molecular formula is C25H23N3O7. The van der Waals surface area contributed by atoms with Crippen LogP contribution in [0.15, 0.2) is 59.8 Å². The highest BCUT2D eigenvalue weighted by atomic mass is 16.5. The lowest BCUT2D eigenvalue weighted by Gasteiger charge is -2.26. The molecule has 180 valence electrons. The molecule has 0 saturated carbocycles. The summed E-state index contributed by atoms with van der Waals surface area (Å²) in [7, 11) is 0. The van der Waals surface area contributed by atoms with Gasteiger partial charge in [-0.25, -0.2) is 14.4 Å². The van der Waals surface area contributed by atoms with Crippen LogP contribution in [0.4, 0.5) is 4.79 Å². The van der Waals surface area contributed by atoms with Crippen LogP contribution >= 0.6 is 0 Å². The normalized spacial score (nSPS) is 17.0. The van der Waals surface area contributed by atoms with Gasteiger partial charge in [0.05, 0.1) is 47.2 Å². The summed E-state index contributed by atoms with van der Waals surface area (Å²) in [6.45, 7) is 3.12. The van der Waals surface area contributed by atoms with Crippen LogP contribution in [0.3, 0.4) is 0 Å². The Morgan fingerprint density at radius 3 is 2.37 bits per heavy atom. The Morgan fingerprint density at radius 2 is 1.66 bits per heavy atom. The van der Waals surface area contributed by atoms with E-state index in [1.165, 1.54) is 18.2 Å². The first-order valence-electron chi connectivity index (χ1n) is 11.0. The molecule has 0 aromatic heterocycles. The predicted octanol–water partition coefficient (Wildman–Crippen LogP) is 2.16. The number of imide groups is 1. The van der Waals surface area contributed by atoms with Crippen molar-refractivity contribution in [3.8, 4) is 0 Å². The number of nitrogens with one attached hydrogen (secondary N) is 2. The number of esters is 2. The second-order valence-electron chi connectivity index (χ2n) is 7.95. The van der Waals surface area contributed by atoms with Gasteiger partial charge >= 0.3 is 18.0 Å². The van der Waals surface area contributed by atoms with Crippen LogP contribution in [0.1, 0.15) is 50.5 Å². The van der Waals surface area contributed by atoms with Crippen molar-refractivity contribution in [2.45, 2.75) is 26.4 Å². The second-order valence-corrected chi connectivity index (χ2v) is 7.95. The molecule has 0 saturated heterocycles. The van der Waals surface area contributed by atoms with Crippen LogP contribution in [-0.2, 0) is 20.8 Å². The van der Waals surface area contributed by atoms with Crippen LogP contribution in [0, 0.1) is 0 Å². The second kappa shape index (κ2) is 9.80. The molecule has 2 aromatic carbocycles. The van der Waals surface area contributed by atoms with Crippen molar-refractivity contribution < 1.29 is 33.4 Å². The minimum atomic E-state index is -0.786. The molecular weight excluding hydrogens is 454 g/mol. The average molecular weight is 477 g/mol. The van der Waals surface area contributed by atoms with Crippen molar-refractivity contribution in [3.05, 3.63) is 82.1 Å². The van der Waals surface area contributed by atoms with E-state index in [2.05, 4.69) is 10.6 Å². The Balaban J connectivity index is 1.50. The quantitative estimate of drug-likeness (QED) is 0.461. The molecule has 0 radical (unpaired) electrons. The summed E-state index contributed by atoms with van der Waals surface area (Å²) in [6.07, 6.45) is 0. The zero-order chi connectivity index (χ0) is 25.1. The number of carbonyl (C=O) groups is 5. The third-order valence-electron chi connectivity index (χ3n) is 5.60. The predicted molar refractivity (Wildman–Crippen MR) is 122 cm³/mol. The van der Waals surface area contributed by atoms with Gasteiger partial charge in [0.15, 0.2) is 0 Å². The van der Waals surface area contributed by atoms with E-state index in [-0.39, 0.29) is 41.1 Å². The Labute approximate surface area is 200 Å². The molecule has 0 unspecified atom stereocenters. The highest BCUT2D eigenvalue weighted by Crippen LogP contribution is 2.26. The highest BCUT2D eigenvalue weighted by molar-refractivity contribution is 6.21. The summed E-state index contributed by atoms with van der Waals surface area (Å²) >= 11 is 0. The molecule has 0 aliphatic carbocycles. The molecule has 4 rings (SSSR count). The summed E-state index contributed by atoms with van der Waals surface area (Å²) in [6, 6.07) is 12.0. The van der Waals surface area contributed by atoms with Gasteiger partial charge in [-0.15, -0.1) is 0 Å². The number of benzene rings is 2. The van der Waals surface area contributed by atoms with E-state index >= 15 is 0 Å². The van der Waals surface area contributed by atoms with Gasteiger partial charge in [0, 0.05) is 0 Å². The fourth-order valence-corrected chi connectivity index (χ4v) is 3.94. The molecule has 2 aliphatic rings. The molecule has 1 atom stereocenters. The fourth-order valence-electron chi connectivity index (χ4n) is 3.94. The molecule has 0 spiro atoms. The van der Waals surface area contributed by atoms with E-state index in [0.717, 1.165) is 10.5 Å². The maximum absolute atomic E-state index is 12.9. The summed E-state index contributed by atoms with van der Waals surface area (Å²) in [5, 5.41) is 5.03. The topological polar surface area (TPSA) is 131 Å². The van der Waals surface area contributed by atoms with E-state index in [9.17, 15) is 24.0 Å². The van der Waals surface area contributed by atoms with Crippen molar-refractivity contribution in [3.63, 3.8) is 0 Å². The van der Waals surface area contributed by atoms with E-state index in [4.69, 9.17) is 9.47 Å². The minimum Gasteiger partial charge on any atom is -0.463 e. The average Bonchev–Trinajstić information content (AvgIpc) is 3.07. The SMILES string of the molecule is CCOC(=O)C1=C(COC(=O)c2ccc3c(c2)C(=O)N(Cc2ccccc2)C3=O)NC(=O)N[C@@H]1C. The number of urea groups is 1. The Hall–Kier alpha value is -4.47. The monoisotopic (exact) mass is 477 g/mol. The number of fused-ring (bicyclic) bond motifs is 1. The van der Waals surface area contributed by atoms with E-state index in [0.29, 0.717) is 0 Å². The van der Waals surface area contributed by atoms with Gasteiger partial charge < -0.3 is 20.1 Å². The molecule has 0 fully saturated rings. The van der Waals surface area contributed by atoms with Gasteiger partial charge in [0.2, 0.25) is 0 Å². The Kier molecular flexibility index (Phi) is 6.63. The van der Waals surface area contributed by atoms with Crippen molar-refractivity contribution in [1.82, 2.24) is 15.5 Å². The third kappa shape index (κ3) is 4.77. The number of hydrogen-bond acceptors (Lipinski definition) is 7. The molecule has 2 aromatic rings. The molecule has 35 heavy (non-hydrogen) atoms. The molecule has 4 amide bonds. The molecule has 2 heterocycles. The number of nitrogens with zero attached hydrogens (tertiary/aromatic N) is 1. The Bertz CT molecular complexity index is 1250. The first kappa shape index (κ1) is 23.7. The van der Waals surface area contributed by atoms with Crippen LogP contribution in [0.5, 0.6) is 0 Å². The van der Waals surface area contributed by atoms with Gasteiger partial charge in [-0.2, -0.15) is 0 Å². The van der Waals surface area contributed by atoms with Crippen molar-refractivity contribution >= 4 is 29.8 Å². The first-order chi connectivity index (χ1) is 16.8. The van der Waals surface area contributed by atoms with Crippen LogP contribution in [0.2, 0.25) is 0 Å². The fraction of sp³-hybridized carbons (Fsp3) is 0.240. The van der Waals surface area contributed by atoms with Crippen molar-refractivity contribution in [1.29, 1.82) is 0 Å². The number of ether oxygens (including phenoxy) is 2. The maximum atomic E-state index is 12.9. The third-order valence-corrected chi connectivity index (χ3v) is 5.60. The number of hydrogen-bond donors (Lipinski definition) is 2. The van der Waals surface area contributed by atoms with Crippen molar-refractivity contribution in [2.75, 3.05) is 13.2 Å². The molecule has 0 bridgehead atoms. The van der Waals surface area contributed by atoms with E-state index in [1.807, 2.05) is 30.3 Å². The zero-order valence-corrected chi connectivity index (χ0v) is 19.1. The summed E-state index contributed by atoms with van der Waals surface area (Å²) < 4.78 is 10.3. The minimum absolute atomic E-state index is 0.0538. The highest BCUT2D eigenvalue weighted by Gasteiger charge is 2.36. The van der Waals surface area contributed by atoms with E-state index in [1.54, 1.807) is 13.8 Å². The lowest BCUT2D eigenvalue weighted by atomic mass is 10.0. The first-order valence-corrected chi connectivity index (χ1v) is 11.0. The maximum Gasteiger partial charge on any atom is 0.338 e. The molecule has 10 heteroatoms. The number of carbonyl (C=O) groups excluding carboxylic acids is 5. The lowest BCUT2D eigenvalue weighted by Crippen LogP contribution is -2.50. The summed E-state index contributed by atoms with van der Waals surface area (Å²) in [5.41, 5.74) is 1.41. The standard InChI is InChI=1S/C25H23N3O7/c1-3-34-24(32)20-14(2)26-25(33)27-19(20)13-35-23(31)16-9-10-17-18(11-16)22(30)28(21(17)29)12-15-7-5-4-6-8-15/h4-11,14H,3,12-13H2,1-2H3,(H2,26,27,33)/t14-/m1/s1. The van der Waals surface area contributed by atoms with Gasteiger partial charge in [-0.1, -0.05) is 30.3 Å². The van der Waals surface area contributed by atoms with Gasteiger partial charge in [0.25, 0.3) is 11.8 Å². The summed E-state index contributed by atoms with van der Waals surface area (Å²) in [5.74, 6) is -2.37. The van der Waals surface area contributed by atoms with Gasteiger partial charge in [-0.05, 0) is 37.6 Å². The molecule has 2 N–H and O–H groups in total. The Morgan fingerprint density at radius 1 is 0.943 bits per heavy atom. The number of rotatable bonds is 7.